The smallest absolute Gasteiger partial charge is 0.236 e. The number of hydrogen-bond donors (Lipinski definition) is 0. The predicted molar refractivity (Wildman–Crippen MR) is 109 cm³/mol. The monoisotopic (exact) mass is 410 g/mol. The Morgan fingerprint density at radius 2 is 1.63 bits per heavy atom. The summed E-state index contributed by atoms with van der Waals surface area (Å²) in [4.78, 5) is 17.2. The topological polar surface area (TPSA) is 60.5 Å². The average Bonchev–Trinajstić information content (AvgIpc) is 3.28. The van der Waals surface area contributed by atoms with Crippen LogP contribution in [-0.2, 0) is 14.3 Å². The summed E-state index contributed by atoms with van der Waals surface area (Å²) in [5.74, 6) is 1.60. The number of ether oxygens (including phenoxy) is 4. The van der Waals surface area contributed by atoms with Gasteiger partial charge in [-0.1, -0.05) is 36.4 Å². The fourth-order valence-corrected chi connectivity index (χ4v) is 4.16. The van der Waals surface area contributed by atoms with Crippen molar-refractivity contribution in [3.05, 3.63) is 59.7 Å². The van der Waals surface area contributed by atoms with Gasteiger partial charge >= 0.3 is 0 Å². The number of nitrogens with zero attached hydrogens (tertiary/aromatic N) is 2. The molecule has 0 unspecified atom stereocenters. The Bertz CT molecular complexity index is 884. The van der Waals surface area contributed by atoms with E-state index in [9.17, 15) is 4.79 Å². The van der Waals surface area contributed by atoms with Crippen LogP contribution in [0.1, 0.15) is 23.3 Å². The van der Waals surface area contributed by atoms with E-state index in [1.165, 1.54) is 0 Å². The SMILES string of the molecule is O=C(CN1CCOCC1)N1C[C@@H](c2ccccc2)O[C@@H](c2ccc3c(c2)OCO3)C1. The van der Waals surface area contributed by atoms with Gasteiger partial charge in [0.15, 0.2) is 11.5 Å². The lowest BCUT2D eigenvalue weighted by atomic mass is 10.0. The van der Waals surface area contributed by atoms with Gasteiger partial charge in [-0.05, 0) is 23.3 Å². The number of fused-ring (bicyclic) bond motifs is 1. The highest BCUT2D eigenvalue weighted by Gasteiger charge is 2.33. The Labute approximate surface area is 176 Å². The molecule has 5 rings (SSSR count). The third-order valence-corrected chi connectivity index (χ3v) is 5.86. The Kier molecular flexibility index (Phi) is 5.57. The van der Waals surface area contributed by atoms with Crippen molar-refractivity contribution < 1.29 is 23.7 Å². The summed E-state index contributed by atoms with van der Waals surface area (Å²) in [6.45, 7) is 4.68. The van der Waals surface area contributed by atoms with Gasteiger partial charge in [0.2, 0.25) is 12.7 Å². The molecule has 2 fully saturated rings. The van der Waals surface area contributed by atoms with Gasteiger partial charge in [-0.2, -0.15) is 0 Å². The van der Waals surface area contributed by atoms with E-state index < -0.39 is 0 Å². The molecule has 7 heteroatoms. The molecule has 2 aromatic rings. The van der Waals surface area contributed by atoms with Gasteiger partial charge < -0.3 is 23.8 Å². The lowest BCUT2D eigenvalue weighted by Crippen LogP contribution is -2.49. The summed E-state index contributed by atoms with van der Waals surface area (Å²) < 4.78 is 22.8. The van der Waals surface area contributed by atoms with Crippen LogP contribution in [0.4, 0.5) is 0 Å². The fraction of sp³-hybridized carbons (Fsp3) is 0.435. The van der Waals surface area contributed by atoms with Crippen molar-refractivity contribution in [1.82, 2.24) is 9.80 Å². The van der Waals surface area contributed by atoms with E-state index in [2.05, 4.69) is 17.0 Å². The van der Waals surface area contributed by atoms with Crippen LogP contribution in [0.3, 0.4) is 0 Å². The van der Waals surface area contributed by atoms with Crippen molar-refractivity contribution in [2.45, 2.75) is 12.2 Å². The molecule has 2 atom stereocenters. The van der Waals surface area contributed by atoms with E-state index in [1.54, 1.807) is 0 Å². The molecular weight excluding hydrogens is 384 g/mol. The lowest BCUT2D eigenvalue weighted by molar-refractivity contribution is -0.148. The van der Waals surface area contributed by atoms with E-state index in [4.69, 9.17) is 18.9 Å². The first-order valence-corrected chi connectivity index (χ1v) is 10.4. The van der Waals surface area contributed by atoms with Crippen LogP contribution in [0.2, 0.25) is 0 Å². The highest BCUT2D eigenvalue weighted by Crippen LogP contribution is 2.38. The molecule has 30 heavy (non-hydrogen) atoms. The molecule has 0 spiro atoms. The highest BCUT2D eigenvalue weighted by molar-refractivity contribution is 5.78. The molecule has 7 nitrogen and oxygen atoms in total. The minimum absolute atomic E-state index is 0.131. The van der Waals surface area contributed by atoms with Gasteiger partial charge in [0.05, 0.1) is 32.8 Å². The van der Waals surface area contributed by atoms with E-state index in [0.29, 0.717) is 32.8 Å². The van der Waals surface area contributed by atoms with Crippen molar-refractivity contribution in [1.29, 1.82) is 0 Å². The number of carbonyl (C=O) groups excluding carboxylic acids is 1. The number of hydrogen-bond acceptors (Lipinski definition) is 6. The third-order valence-electron chi connectivity index (χ3n) is 5.86. The van der Waals surface area contributed by atoms with Gasteiger partial charge in [0.25, 0.3) is 0 Å². The zero-order chi connectivity index (χ0) is 20.3. The Morgan fingerprint density at radius 1 is 0.900 bits per heavy atom. The molecule has 1 amide bonds. The largest absolute Gasteiger partial charge is 0.454 e. The first-order chi connectivity index (χ1) is 14.8. The molecule has 3 aliphatic heterocycles. The van der Waals surface area contributed by atoms with E-state index in [0.717, 1.165) is 35.7 Å². The standard InChI is InChI=1S/C23H26N2O5/c26-23(15-24-8-10-27-11-9-24)25-13-21(17-4-2-1-3-5-17)30-22(14-25)18-6-7-19-20(12-18)29-16-28-19/h1-7,12,21-22H,8-11,13-16H2/t21-,22+/m0/s1. The second-order valence-electron chi connectivity index (χ2n) is 7.82. The number of rotatable bonds is 4. The summed E-state index contributed by atoms with van der Waals surface area (Å²) in [5, 5.41) is 0. The number of carbonyl (C=O) groups is 1. The fourth-order valence-electron chi connectivity index (χ4n) is 4.16. The van der Waals surface area contributed by atoms with Crippen LogP contribution in [0.25, 0.3) is 0 Å². The molecule has 3 aliphatic rings. The van der Waals surface area contributed by atoms with Gasteiger partial charge in [-0.15, -0.1) is 0 Å². The van der Waals surface area contributed by atoms with Crippen molar-refractivity contribution in [3.63, 3.8) is 0 Å². The minimum Gasteiger partial charge on any atom is -0.454 e. The zero-order valence-corrected chi connectivity index (χ0v) is 16.9. The summed E-state index contributed by atoms with van der Waals surface area (Å²) in [7, 11) is 0. The maximum absolute atomic E-state index is 13.2. The minimum atomic E-state index is -0.230. The quantitative estimate of drug-likeness (QED) is 0.772. The molecule has 0 N–H and O–H groups in total. The molecule has 158 valence electrons. The second-order valence-corrected chi connectivity index (χ2v) is 7.82. The predicted octanol–water partition coefficient (Wildman–Crippen LogP) is 2.39. The van der Waals surface area contributed by atoms with E-state index in [1.807, 2.05) is 41.3 Å². The van der Waals surface area contributed by atoms with Crippen molar-refractivity contribution in [3.8, 4) is 11.5 Å². The van der Waals surface area contributed by atoms with Crippen LogP contribution in [0, 0.1) is 0 Å². The lowest BCUT2D eigenvalue weighted by Gasteiger charge is -2.39. The highest BCUT2D eigenvalue weighted by atomic mass is 16.7. The van der Waals surface area contributed by atoms with E-state index >= 15 is 0 Å². The first kappa shape index (κ1) is 19.4. The molecule has 0 aromatic heterocycles. The van der Waals surface area contributed by atoms with Crippen molar-refractivity contribution in [2.75, 3.05) is 52.7 Å². The normalized spacial score (nSPS) is 24.1. The van der Waals surface area contributed by atoms with Crippen molar-refractivity contribution in [2.24, 2.45) is 0 Å². The molecule has 2 saturated heterocycles. The number of benzene rings is 2. The van der Waals surface area contributed by atoms with Gasteiger partial charge in [-0.3, -0.25) is 9.69 Å². The van der Waals surface area contributed by atoms with Gasteiger partial charge in [-0.25, -0.2) is 0 Å². The number of morpholine rings is 2. The molecule has 0 aliphatic carbocycles. The molecule has 3 heterocycles. The average molecular weight is 410 g/mol. The van der Waals surface area contributed by atoms with E-state index in [-0.39, 0.29) is 24.9 Å². The maximum atomic E-state index is 13.2. The van der Waals surface area contributed by atoms with Crippen LogP contribution in [-0.4, -0.2) is 68.4 Å². The maximum Gasteiger partial charge on any atom is 0.236 e. The summed E-state index contributed by atoms with van der Waals surface area (Å²) >= 11 is 0. The number of amides is 1. The third kappa shape index (κ3) is 4.14. The molecule has 0 saturated carbocycles. The molecular formula is C23H26N2O5. The summed E-state index contributed by atoms with van der Waals surface area (Å²) in [5.41, 5.74) is 2.07. The summed E-state index contributed by atoms with van der Waals surface area (Å²) in [6.07, 6.45) is -0.406. The first-order valence-electron chi connectivity index (χ1n) is 10.4. The van der Waals surface area contributed by atoms with Gasteiger partial charge in [0.1, 0.15) is 12.2 Å². The molecule has 0 bridgehead atoms. The Balaban J connectivity index is 1.37. The molecule has 2 aromatic carbocycles. The Morgan fingerprint density at radius 3 is 2.43 bits per heavy atom. The molecule has 0 radical (unpaired) electrons. The van der Waals surface area contributed by atoms with Crippen LogP contribution in [0.15, 0.2) is 48.5 Å². The van der Waals surface area contributed by atoms with Crippen LogP contribution < -0.4 is 9.47 Å². The summed E-state index contributed by atoms with van der Waals surface area (Å²) in [6, 6.07) is 16.0. The van der Waals surface area contributed by atoms with Crippen LogP contribution >= 0.6 is 0 Å². The van der Waals surface area contributed by atoms with Gasteiger partial charge in [0, 0.05) is 13.1 Å². The Hall–Kier alpha value is -2.61. The zero-order valence-electron chi connectivity index (χ0n) is 16.9. The van der Waals surface area contributed by atoms with Crippen molar-refractivity contribution >= 4 is 5.91 Å². The van der Waals surface area contributed by atoms with Crippen LogP contribution in [0.5, 0.6) is 11.5 Å². The second kappa shape index (κ2) is 8.63.